The van der Waals surface area contributed by atoms with Crippen LogP contribution in [0.3, 0.4) is 0 Å². The molecule has 0 saturated heterocycles. The molecule has 0 aromatic heterocycles. The fraction of sp³-hybridized carbons (Fsp3) is 0.600. The molecule has 1 N–H and O–H groups in total. The van der Waals surface area contributed by atoms with Crippen LogP contribution in [0.25, 0.3) is 0 Å². The Hall–Kier alpha value is -0.340. The standard InChI is InChI=1S/C15H22BrN/c1-2-17-15(12-7-4-3-5-8-12)13-9-6-10-14(16)11-13/h6,9-12,15,17H,2-5,7-8H2,1H3. The zero-order valence-electron chi connectivity index (χ0n) is 10.6. The first kappa shape index (κ1) is 13.1. The average molecular weight is 296 g/mol. The molecule has 1 nitrogen and oxygen atoms in total. The summed E-state index contributed by atoms with van der Waals surface area (Å²) < 4.78 is 1.19. The lowest BCUT2D eigenvalue weighted by atomic mass is 9.81. The second kappa shape index (κ2) is 6.55. The predicted molar refractivity (Wildman–Crippen MR) is 77.1 cm³/mol. The van der Waals surface area contributed by atoms with Gasteiger partial charge >= 0.3 is 0 Å². The van der Waals surface area contributed by atoms with E-state index >= 15 is 0 Å². The van der Waals surface area contributed by atoms with E-state index in [0.717, 1.165) is 12.5 Å². The van der Waals surface area contributed by atoms with Crippen molar-refractivity contribution in [1.29, 1.82) is 0 Å². The van der Waals surface area contributed by atoms with Gasteiger partial charge in [-0.3, -0.25) is 0 Å². The van der Waals surface area contributed by atoms with E-state index in [2.05, 4.69) is 52.4 Å². The Bertz CT molecular complexity index is 345. The van der Waals surface area contributed by atoms with Crippen LogP contribution < -0.4 is 5.32 Å². The molecule has 2 heteroatoms. The number of rotatable bonds is 4. The van der Waals surface area contributed by atoms with E-state index in [0.29, 0.717) is 6.04 Å². The SMILES string of the molecule is CCNC(c1cccc(Br)c1)C1CCCCC1. The molecule has 0 radical (unpaired) electrons. The minimum Gasteiger partial charge on any atom is -0.310 e. The highest BCUT2D eigenvalue weighted by Gasteiger charge is 2.24. The molecule has 2 rings (SSSR count). The highest BCUT2D eigenvalue weighted by atomic mass is 79.9. The van der Waals surface area contributed by atoms with Gasteiger partial charge in [0.1, 0.15) is 0 Å². The molecule has 1 aliphatic rings. The van der Waals surface area contributed by atoms with Crippen molar-refractivity contribution >= 4 is 15.9 Å². The lowest BCUT2D eigenvalue weighted by Crippen LogP contribution is -2.29. The molecule has 1 atom stereocenters. The highest BCUT2D eigenvalue weighted by Crippen LogP contribution is 2.35. The highest BCUT2D eigenvalue weighted by molar-refractivity contribution is 9.10. The number of hydrogen-bond acceptors (Lipinski definition) is 1. The van der Waals surface area contributed by atoms with Gasteiger partial charge in [0.2, 0.25) is 0 Å². The first-order valence-electron chi connectivity index (χ1n) is 6.80. The Kier molecular flexibility index (Phi) is 5.05. The topological polar surface area (TPSA) is 12.0 Å². The van der Waals surface area contributed by atoms with E-state index in [1.54, 1.807) is 0 Å². The summed E-state index contributed by atoms with van der Waals surface area (Å²) >= 11 is 3.58. The summed E-state index contributed by atoms with van der Waals surface area (Å²) in [7, 11) is 0. The minimum absolute atomic E-state index is 0.540. The number of nitrogens with one attached hydrogen (secondary N) is 1. The average Bonchev–Trinajstić information content (AvgIpc) is 2.37. The third-order valence-electron chi connectivity index (χ3n) is 3.75. The molecular formula is C15H22BrN. The Morgan fingerprint density at radius 3 is 2.71 bits per heavy atom. The second-order valence-electron chi connectivity index (χ2n) is 4.99. The molecule has 1 fully saturated rings. The maximum Gasteiger partial charge on any atom is 0.0348 e. The van der Waals surface area contributed by atoms with Gasteiger partial charge in [0, 0.05) is 10.5 Å². The monoisotopic (exact) mass is 295 g/mol. The fourth-order valence-electron chi connectivity index (χ4n) is 2.94. The van der Waals surface area contributed by atoms with Crippen LogP contribution in [0.4, 0.5) is 0 Å². The molecule has 1 aromatic rings. The molecule has 17 heavy (non-hydrogen) atoms. The van der Waals surface area contributed by atoms with Gasteiger partial charge in [0.25, 0.3) is 0 Å². The van der Waals surface area contributed by atoms with Crippen molar-refractivity contribution in [2.75, 3.05) is 6.54 Å². The zero-order valence-corrected chi connectivity index (χ0v) is 12.2. The van der Waals surface area contributed by atoms with Crippen molar-refractivity contribution in [2.24, 2.45) is 5.92 Å². The molecule has 0 spiro atoms. The van der Waals surface area contributed by atoms with Gasteiger partial charge in [-0.15, -0.1) is 0 Å². The van der Waals surface area contributed by atoms with E-state index < -0.39 is 0 Å². The number of halogens is 1. The van der Waals surface area contributed by atoms with Crippen LogP contribution in [0, 0.1) is 5.92 Å². The summed E-state index contributed by atoms with van der Waals surface area (Å²) in [6, 6.07) is 9.31. The summed E-state index contributed by atoms with van der Waals surface area (Å²) in [5.74, 6) is 0.818. The Morgan fingerprint density at radius 1 is 1.29 bits per heavy atom. The lowest BCUT2D eigenvalue weighted by Gasteiger charge is -2.31. The van der Waals surface area contributed by atoms with Crippen LogP contribution in [-0.4, -0.2) is 6.54 Å². The van der Waals surface area contributed by atoms with E-state index in [1.807, 2.05) is 0 Å². The first-order chi connectivity index (χ1) is 8.31. The fourth-order valence-corrected chi connectivity index (χ4v) is 3.36. The quantitative estimate of drug-likeness (QED) is 0.850. The van der Waals surface area contributed by atoms with Gasteiger partial charge in [-0.2, -0.15) is 0 Å². The zero-order chi connectivity index (χ0) is 12.1. The third-order valence-corrected chi connectivity index (χ3v) is 4.25. The molecular weight excluding hydrogens is 274 g/mol. The van der Waals surface area contributed by atoms with E-state index in [4.69, 9.17) is 0 Å². The van der Waals surface area contributed by atoms with Crippen LogP contribution in [-0.2, 0) is 0 Å². The van der Waals surface area contributed by atoms with Gasteiger partial charge in [0.05, 0.1) is 0 Å². The van der Waals surface area contributed by atoms with Crippen LogP contribution >= 0.6 is 15.9 Å². The van der Waals surface area contributed by atoms with Crippen LogP contribution in [0.2, 0.25) is 0 Å². The van der Waals surface area contributed by atoms with Crippen molar-refractivity contribution in [3.63, 3.8) is 0 Å². The molecule has 0 amide bonds. The van der Waals surface area contributed by atoms with Crippen molar-refractivity contribution in [2.45, 2.75) is 45.1 Å². The maximum atomic E-state index is 3.68. The summed E-state index contributed by atoms with van der Waals surface area (Å²) in [5, 5.41) is 3.68. The molecule has 0 heterocycles. The molecule has 1 saturated carbocycles. The van der Waals surface area contributed by atoms with Crippen LogP contribution in [0.5, 0.6) is 0 Å². The first-order valence-corrected chi connectivity index (χ1v) is 7.59. The largest absolute Gasteiger partial charge is 0.310 e. The van der Waals surface area contributed by atoms with E-state index in [-0.39, 0.29) is 0 Å². The molecule has 94 valence electrons. The maximum absolute atomic E-state index is 3.68. The second-order valence-corrected chi connectivity index (χ2v) is 5.90. The molecule has 0 bridgehead atoms. The van der Waals surface area contributed by atoms with Crippen molar-refractivity contribution in [3.8, 4) is 0 Å². The van der Waals surface area contributed by atoms with E-state index in [1.165, 1.54) is 42.1 Å². The summed E-state index contributed by atoms with van der Waals surface area (Å²) in [6.45, 7) is 3.25. The van der Waals surface area contributed by atoms with Crippen LogP contribution in [0.15, 0.2) is 28.7 Å². The van der Waals surface area contributed by atoms with Gasteiger partial charge in [-0.1, -0.05) is 54.2 Å². The van der Waals surface area contributed by atoms with Crippen molar-refractivity contribution < 1.29 is 0 Å². The normalized spacial score (nSPS) is 19.2. The molecule has 0 aliphatic heterocycles. The van der Waals surface area contributed by atoms with Crippen molar-refractivity contribution in [1.82, 2.24) is 5.32 Å². The minimum atomic E-state index is 0.540. The summed E-state index contributed by atoms with van der Waals surface area (Å²) in [5.41, 5.74) is 1.44. The summed E-state index contributed by atoms with van der Waals surface area (Å²) in [4.78, 5) is 0. The Labute approximate surface area is 113 Å². The number of hydrogen-bond donors (Lipinski definition) is 1. The van der Waals surface area contributed by atoms with E-state index in [9.17, 15) is 0 Å². The van der Waals surface area contributed by atoms with Gasteiger partial charge in [0.15, 0.2) is 0 Å². The van der Waals surface area contributed by atoms with Crippen LogP contribution in [0.1, 0.15) is 50.6 Å². The third kappa shape index (κ3) is 3.56. The molecule has 1 aliphatic carbocycles. The Morgan fingerprint density at radius 2 is 2.06 bits per heavy atom. The van der Waals surface area contributed by atoms with Gasteiger partial charge < -0.3 is 5.32 Å². The smallest absolute Gasteiger partial charge is 0.0348 e. The molecule has 1 unspecified atom stereocenters. The van der Waals surface area contributed by atoms with Crippen molar-refractivity contribution in [3.05, 3.63) is 34.3 Å². The summed E-state index contributed by atoms with van der Waals surface area (Å²) in [6.07, 6.45) is 6.99. The lowest BCUT2D eigenvalue weighted by molar-refractivity contribution is 0.274. The number of benzene rings is 1. The Balaban J connectivity index is 2.15. The van der Waals surface area contributed by atoms with Gasteiger partial charge in [-0.25, -0.2) is 0 Å². The molecule has 1 aromatic carbocycles. The predicted octanol–water partition coefficient (Wildman–Crippen LogP) is 4.68. The van der Waals surface area contributed by atoms with Gasteiger partial charge in [-0.05, 0) is 43.0 Å².